The van der Waals surface area contributed by atoms with Crippen molar-refractivity contribution >= 4 is 11.7 Å². The van der Waals surface area contributed by atoms with E-state index in [4.69, 9.17) is 11.5 Å². The van der Waals surface area contributed by atoms with Gasteiger partial charge in [0.25, 0.3) is 5.91 Å². The number of nitrogens with two attached hydrogens (primary N) is 2. The van der Waals surface area contributed by atoms with Gasteiger partial charge in [0.1, 0.15) is 5.82 Å². The summed E-state index contributed by atoms with van der Waals surface area (Å²) in [7, 11) is 0. The third-order valence-electron chi connectivity index (χ3n) is 4.92. The molecule has 4 heteroatoms. The van der Waals surface area contributed by atoms with Crippen molar-refractivity contribution in [3.8, 4) is 28.1 Å². The van der Waals surface area contributed by atoms with Crippen molar-refractivity contribution in [3.05, 3.63) is 96.1 Å². The number of aromatic nitrogens is 1. The Labute approximate surface area is 164 Å². The predicted octanol–water partition coefficient (Wildman–Crippen LogP) is 4.80. The number of carbonyl (C=O) groups excluding carboxylic acids is 1. The maximum atomic E-state index is 12.5. The number of anilines is 1. The highest BCUT2D eigenvalue weighted by Gasteiger charge is 2.27. The molecule has 0 fully saturated rings. The zero-order valence-electron chi connectivity index (χ0n) is 15.6. The smallest absolute Gasteiger partial charge is 0.253 e. The third kappa shape index (κ3) is 2.85. The second-order valence-corrected chi connectivity index (χ2v) is 6.70. The van der Waals surface area contributed by atoms with Crippen molar-refractivity contribution in [2.24, 2.45) is 5.73 Å². The average Bonchev–Trinajstić information content (AvgIpc) is 3.03. The van der Waals surface area contributed by atoms with E-state index in [1.807, 2.05) is 96.4 Å². The molecule has 4 N–H and O–H groups in total. The van der Waals surface area contributed by atoms with E-state index in [9.17, 15) is 4.79 Å². The van der Waals surface area contributed by atoms with Crippen LogP contribution in [0.4, 0.5) is 5.82 Å². The van der Waals surface area contributed by atoms with Gasteiger partial charge in [0.05, 0.1) is 16.9 Å². The normalized spacial score (nSPS) is 10.8. The SMILES string of the molecule is Cc1ccccc1-n1c(N)c(C(N)=O)c(-c2ccccc2)c1-c1ccccc1. The van der Waals surface area contributed by atoms with E-state index in [0.717, 1.165) is 33.6 Å². The first-order chi connectivity index (χ1) is 13.6. The molecule has 0 spiro atoms. The second kappa shape index (κ2) is 7.08. The molecule has 0 radical (unpaired) electrons. The van der Waals surface area contributed by atoms with Gasteiger partial charge >= 0.3 is 0 Å². The van der Waals surface area contributed by atoms with Crippen LogP contribution in [0.2, 0.25) is 0 Å². The van der Waals surface area contributed by atoms with Gasteiger partial charge in [-0.25, -0.2) is 0 Å². The molecule has 3 aromatic carbocycles. The van der Waals surface area contributed by atoms with Crippen molar-refractivity contribution in [3.63, 3.8) is 0 Å². The summed E-state index contributed by atoms with van der Waals surface area (Å²) in [6.45, 7) is 2.02. The van der Waals surface area contributed by atoms with Gasteiger partial charge in [-0.2, -0.15) is 0 Å². The maximum absolute atomic E-state index is 12.5. The lowest BCUT2D eigenvalue weighted by Gasteiger charge is -2.15. The summed E-state index contributed by atoms with van der Waals surface area (Å²) in [5, 5.41) is 0. The van der Waals surface area contributed by atoms with Crippen LogP contribution in [-0.2, 0) is 0 Å². The Bertz CT molecular complexity index is 1150. The zero-order chi connectivity index (χ0) is 19.7. The molecule has 1 amide bonds. The summed E-state index contributed by atoms with van der Waals surface area (Å²) in [6.07, 6.45) is 0. The zero-order valence-corrected chi connectivity index (χ0v) is 15.6. The topological polar surface area (TPSA) is 74.0 Å². The average molecular weight is 367 g/mol. The molecule has 1 heterocycles. The molecular weight excluding hydrogens is 346 g/mol. The number of rotatable bonds is 4. The minimum Gasteiger partial charge on any atom is -0.384 e. The lowest BCUT2D eigenvalue weighted by molar-refractivity contribution is 0.100. The second-order valence-electron chi connectivity index (χ2n) is 6.70. The van der Waals surface area contributed by atoms with Crippen LogP contribution in [0, 0.1) is 6.92 Å². The number of aryl methyl sites for hydroxylation is 1. The summed E-state index contributed by atoms with van der Waals surface area (Å²) in [5.41, 5.74) is 18.1. The van der Waals surface area contributed by atoms with E-state index in [2.05, 4.69) is 0 Å². The summed E-state index contributed by atoms with van der Waals surface area (Å²) in [6, 6.07) is 27.7. The van der Waals surface area contributed by atoms with Crippen molar-refractivity contribution in [2.45, 2.75) is 6.92 Å². The first-order valence-electron chi connectivity index (χ1n) is 9.10. The van der Waals surface area contributed by atoms with Crippen molar-refractivity contribution in [1.29, 1.82) is 0 Å². The Kier molecular flexibility index (Phi) is 4.45. The van der Waals surface area contributed by atoms with Crippen LogP contribution in [-0.4, -0.2) is 10.5 Å². The molecule has 0 atom stereocenters. The lowest BCUT2D eigenvalue weighted by atomic mass is 9.97. The molecule has 1 aromatic heterocycles. The fourth-order valence-corrected chi connectivity index (χ4v) is 3.66. The molecule has 0 aliphatic rings. The quantitative estimate of drug-likeness (QED) is 0.544. The van der Waals surface area contributed by atoms with E-state index in [1.165, 1.54) is 0 Å². The standard InChI is InChI=1S/C24H21N3O/c1-16-10-8-9-15-19(16)27-22(18-13-6-3-7-14-18)20(17-11-4-2-5-12-17)21(23(27)25)24(26)28/h2-15H,25H2,1H3,(H2,26,28). The molecule has 0 saturated heterocycles. The minimum absolute atomic E-state index is 0.341. The molecule has 0 unspecified atom stereocenters. The first kappa shape index (κ1) is 17.6. The van der Waals surface area contributed by atoms with Gasteiger partial charge in [-0.15, -0.1) is 0 Å². The highest BCUT2D eigenvalue weighted by Crippen LogP contribution is 2.42. The van der Waals surface area contributed by atoms with E-state index in [1.54, 1.807) is 0 Å². The van der Waals surface area contributed by atoms with Crippen LogP contribution in [0.1, 0.15) is 15.9 Å². The number of hydrogen-bond donors (Lipinski definition) is 2. The Hall–Kier alpha value is -3.79. The maximum Gasteiger partial charge on any atom is 0.253 e. The molecule has 4 rings (SSSR count). The Morgan fingerprint density at radius 2 is 1.32 bits per heavy atom. The van der Waals surface area contributed by atoms with Gasteiger partial charge in [-0.3, -0.25) is 9.36 Å². The number of amides is 1. The largest absolute Gasteiger partial charge is 0.384 e. The minimum atomic E-state index is -0.541. The van der Waals surface area contributed by atoms with Crippen LogP contribution in [0.15, 0.2) is 84.9 Å². The monoisotopic (exact) mass is 367 g/mol. The lowest BCUT2D eigenvalue weighted by Crippen LogP contribution is -2.14. The number of benzene rings is 3. The Morgan fingerprint density at radius 3 is 1.89 bits per heavy atom. The number of para-hydroxylation sites is 1. The highest BCUT2D eigenvalue weighted by molar-refractivity contribution is 6.09. The molecular formula is C24H21N3O. The van der Waals surface area contributed by atoms with Crippen LogP contribution < -0.4 is 11.5 Å². The van der Waals surface area contributed by atoms with Crippen molar-refractivity contribution < 1.29 is 4.79 Å². The van der Waals surface area contributed by atoms with Gasteiger partial charge in [0.2, 0.25) is 0 Å². The van der Waals surface area contributed by atoms with Gasteiger partial charge in [-0.05, 0) is 29.7 Å². The van der Waals surface area contributed by atoms with E-state index >= 15 is 0 Å². The summed E-state index contributed by atoms with van der Waals surface area (Å²) in [5.74, 6) is -0.194. The molecule has 0 aliphatic carbocycles. The fraction of sp³-hybridized carbons (Fsp3) is 0.0417. The van der Waals surface area contributed by atoms with Crippen LogP contribution >= 0.6 is 0 Å². The molecule has 0 bridgehead atoms. The number of primary amides is 1. The van der Waals surface area contributed by atoms with Crippen molar-refractivity contribution in [2.75, 3.05) is 5.73 Å². The fourth-order valence-electron chi connectivity index (χ4n) is 3.66. The Morgan fingerprint density at radius 1 is 0.786 bits per heavy atom. The van der Waals surface area contributed by atoms with E-state index in [-0.39, 0.29) is 0 Å². The number of nitrogens with zero attached hydrogens (tertiary/aromatic N) is 1. The molecule has 138 valence electrons. The molecule has 4 nitrogen and oxygen atoms in total. The number of nitrogen functional groups attached to an aromatic ring is 1. The third-order valence-corrected chi connectivity index (χ3v) is 4.92. The van der Waals surface area contributed by atoms with Crippen LogP contribution in [0.25, 0.3) is 28.1 Å². The van der Waals surface area contributed by atoms with E-state index < -0.39 is 5.91 Å². The predicted molar refractivity (Wildman–Crippen MR) is 114 cm³/mol. The van der Waals surface area contributed by atoms with E-state index in [0.29, 0.717) is 11.4 Å². The summed E-state index contributed by atoms with van der Waals surface area (Å²) in [4.78, 5) is 12.5. The molecule has 0 saturated carbocycles. The number of carbonyl (C=O) groups is 1. The highest BCUT2D eigenvalue weighted by atomic mass is 16.1. The number of hydrogen-bond acceptors (Lipinski definition) is 2. The van der Waals surface area contributed by atoms with Gasteiger partial charge in [0.15, 0.2) is 0 Å². The van der Waals surface area contributed by atoms with Gasteiger partial charge in [-0.1, -0.05) is 78.9 Å². The van der Waals surface area contributed by atoms with Gasteiger partial charge in [0, 0.05) is 5.56 Å². The van der Waals surface area contributed by atoms with Crippen LogP contribution in [0.5, 0.6) is 0 Å². The first-order valence-corrected chi connectivity index (χ1v) is 9.10. The Balaban J connectivity index is 2.18. The van der Waals surface area contributed by atoms with Gasteiger partial charge < -0.3 is 11.5 Å². The molecule has 4 aromatic rings. The van der Waals surface area contributed by atoms with Crippen LogP contribution in [0.3, 0.4) is 0 Å². The molecule has 28 heavy (non-hydrogen) atoms. The van der Waals surface area contributed by atoms with Crippen molar-refractivity contribution in [1.82, 2.24) is 4.57 Å². The summed E-state index contributed by atoms with van der Waals surface area (Å²) < 4.78 is 1.94. The summed E-state index contributed by atoms with van der Waals surface area (Å²) >= 11 is 0. The molecule has 0 aliphatic heterocycles.